The van der Waals surface area contributed by atoms with E-state index in [0.717, 1.165) is 11.1 Å². The molecule has 18 heavy (non-hydrogen) atoms. The number of aliphatic imine (C=N–C) groups is 1. The minimum atomic E-state index is -0.826. The fourth-order valence-corrected chi connectivity index (χ4v) is 1.81. The van der Waals surface area contributed by atoms with Crippen LogP contribution in [-0.4, -0.2) is 17.4 Å². The summed E-state index contributed by atoms with van der Waals surface area (Å²) in [5.74, 6) is 0.365. The Morgan fingerprint density at radius 3 is 2.44 bits per heavy atom. The summed E-state index contributed by atoms with van der Waals surface area (Å²) in [6.07, 6.45) is 5.50. The first-order valence-electron chi connectivity index (χ1n) is 5.88. The van der Waals surface area contributed by atoms with Gasteiger partial charge in [-0.05, 0) is 50.3 Å². The van der Waals surface area contributed by atoms with Gasteiger partial charge in [0.05, 0.1) is 0 Å². The van der Waals surface area contributed by atoms with Gasteiger partial charge in [-0.25, -0.2) is 0 Å². The van der Waals surface area contributed by atoms with Crippen LogP contribution >= 0.6 is 17.0 Å². The van der Waals surface area contributed by atoms with Crippen molar-refractivity contribution in [2.75, 3.05) is 0 Å². The van der Waals surface area contributed by atoms with Crippen LogP contribution in [0.3, 0.4) is 0 Å². The monoisotopic (exact) mass is 363 g/mol. The van der Waals surface area contributed by atoms with Crippen molar-refractivity contribution in [2.45, 2.75) is 39.2 Å². The minimum absolute atomic E-state index is 0.365. The molecule has 2 nitrogen and oxygen atoms in total. The van der Waals surface area contributed by atoms with E-state index in [1.807, 2.05) is 32.2 Å². The Hall–Kier alpha value is 0.153. The van der Waals surface area contributed by atoms with Crippen molar-refractivity contribution in [3.63, 3.8) is 0 Å². The summed E-state index contributed by atoms with van der Waals surface area (Å²) in [7, 11) is 9.87. The second-order valence-corrected chi connectivity index (χ2v) is 8.19. The summed E-state index contributed by atoms with van der Waals surface area (Å²) in [6.45, 7) is 3.95. The van der Waals surface area contributed by atoms with Gasteiger partial charge in [-0.15, -0.1) is 0 Å². The Morgan fingerprint density at radius 2 is 1.94 bits per heavy atom. The molecular formula is C13H17Cl2NOZr. The van der Waals surface area contributed by atoms with Crippen molar-refractivity contribution in [2.24, 2.45) is 4.99 Å². The van der Waals surface area contributed by atoms with Crippen LogP contribution < -0.4 is 0 Å². The third kappa shape index (κ3) is 5.03. The molecule has 0 spiro atoms. The van der Waals surface area contributed by atoms with Gasteiger partial charge in [0.2, 0.25) is 0 Å². The van der Waals surface area contributed by atoms with Crippen LogP contribution in [0.4, 0.5) is 0 Å². The molecule has 1 aliphatic rings. The van der Waals surface area contributed by atoms with Crippen LogP contribution in [0.2, 0.25) is 0 Å². The molecule has 0 unspecified atom stereocenters. The van der Waals surface area contributed by atoms with Crippen molar-refractivity contribution in [3.8, 4) is 5.75 Å². The summed E-state index contributed by atoms with van der Waals surface area (Å²) in [5.41, 5.74) is 2.94. The molecule has 5 heteroatoms. The zero-order chi connectivity index (χ0) is 13.5. The van der Waals surface area contributed by atoms with Gasteiger partial charge in [0.25, 0.3) is 0 Å². The number of hydrogen-bond donors (Lipinski definition) is 1. The normalized spacial score (nSPS) is 14.9. The number of benzene rings is 1. The molecule has 0 atom stereocenters. The third-order valence-electron chi connectivity index (χ3n) is 2.97. The maximum absolute atomic E-state index is 9.83. The van der Waals surface area contributed by atoms with Gasteiger partial charge in [0, 0.05) is 17.8 Å². The number of rotatable bonds is 2. The summed E-state index contributed by atoms with van der Waals surface area (Å²) in [6, 6.07) is 4.45. The van der Waals surface area contributed by atoms with Crippen molar-refractivity contribution in [3.05, 3.63) is 28.8 Å². The molecule has 0 amide bonds. The Morgan fingerprint density at radius 1 is 1.33 bits per heavy atom. The topological polar surface area (TPSA) is 32.6 Å². The molecule has 1 N–H and O–H groups in total. The predicted octanol–water partition coefficient (Wildman–Crippen LogP) is 4.36. The Labute approximate surface area is 127 Å². The molecule has 0 aliphatic heterocycles. The van der Waals surface area contributed by atoms with Gasteiger partial charge < -0.3 is 5.11 Å². The van der Waals surface area contributed by atoms with E-state index in [4.69, 9.17) is 17.0 Å². The van der Waals surface area contributed by atoms with Crippen molar-refractivity contribution < 1.29 is 26.0 Å². The molecule has 0 heterocycles. The second kappa shape index (κ2) is 8.35. The summed E-state index contributed by atoms with van der Waals surface area (Å²) < 4.78 is 0. The standard InChI is InChI=1S/C13H17NO.2ClH.Zr/c1-9-6-10(2)13(15)11(7-9)8-14-12-4-3-5-12;;;/h6-8,12,15H,3-5H2,1-2H3;2*1H;/q;;;+2/p-2. The first-order valence-corrected chi connectivity index (χ1v) is 12.2. The number of halogens is 2. The molecule has 98 valence electrons. The molecule has 1 saturated carbocycles. The van der Waals surface area contributed by atoms with E-state index in [2.05, 4.69) is 4.99 Å². The quantitative estimate of drug-likeness (QED) is 0.776. The van der Waals surface area contributed by atoms with Gasteiger partial charge in [0.15, 0.2) is 0 Å². The average molecular weight is 365 g/mol. The zero-order valence-electron chi connectivity index (χ0n) is 10.6. The SMILES string of the molecule is Cc1cc(C)c(O)c(C=NC2CCC2)c1.[Cl][Zr][Cl]. The van der Waals surface area contributed by atoms with Gasteiger partial charge >= 0.3 is 37.9 Å². The number of aromatic hydroxyl groups is 1. The van der Waals surface area contributed by atoms with Crippen molar-refractivity contribution in [1.29, 1.82) is 0 Å². The Bertz CT molecular complexity index is 420. The number of phenols is 1. The van der Waals surface area contributed by atoms with Gasteiger partial charge in [-0.1, -0.05) is 6.07 Å². The zero-order valence-corrected chi connectivity index (χ0v) is 14.6. The molecule has 0 bridgehead atoms. The Kier molecular flexibility index (Phi) is 7.52. The van der Waals surface area contributed by atoms with E-state index < -0.39 is 20.8 Å². The van der Waals surface area contributed by atoms with Crippen molar-refractivity contribution in [1.82, 2.24) is 0 Å². The molecule has 1 aromatic rings. The van der Waals surface area contributed by atoms with E-state index in [9.17, 15) is 5.11 Å². The maximum atomic E-state index is 9.83. The molecule has 0 aromatic heterocycles. The molecule has 0 saturated heterocycles. The summed E-state index contributed by atoms with van der Waals surface area (Å²) in [4.78, 5) is 4.46. The molecule has 1 fully saturated rings. The summed E-state index contributed by atoms with van der Waals surface area (Å²) in [5, 5.41) is 9.83. The van der Waals surface area contributed by atoms with Crippen LogP contribution in [0.15, 0.2) is 17.1 Å². The number of aryl methyl sites for hydroxylation is 2. The van der Waals surface area contributed by atoms with Crippen molar-refractivity contribution >= 4 is 23.2 Å². The van der Waals surface area contributed by atoms with Gasteiger partial charge in [-0.3, -0.25) is 4.99 Å². The fraction of sp³-hybridized carbons (Fsp3) is 0.462. The summed E-state index contributed by atoms with van der Waals surface area (Å²) >= 11 is -0.826. The van der Waals surface area contributed by atoms with E-state index in [1.54, 1.807) is 0 Å². The number of hydrogen-bond acceptors (Lipinski definition) is 2. The van der Waals surface area contributed by atoms with Crippen LogP contribution in [0.1, 0.15) is 36.0 Å². The molecular weight excluding hydrogens is 348 g/mol. The average Bonchev–Trinajstić information content (AvgIpc) is 2.23. The van der Waals surface area contributed by atoms with E-state index in [-0.39, 0.29) is 0 Å². The fourth-order valence-electron chi connectivity index (χ4n) is 1.81. The van der Waals surface area contributed by atoms with Crippen LogP contribution in [0.5, 0.6) is 5.75 Å². The van der Waals surface area contributed by atoms with Gasteiger partial charge in [0.1, 0.15) is 5.75 Å². The third-order valence-corrected chi connectivity index (χ3v) is 2.97. The first kappa shape index (κ1) is 16.2. The van der Waals surface area contributed by atoms with E-state index in [1.165, 1.54) is 24.8 Å². The van der Waals surface area contributed by atoms with Crippen LogP contribution in [0, 0.1) is 13.8 Å². The molecule has 1 aromatic carbocycles. The van der Waals surface area contributed by atoms with Gasteiger partial charge in [-0.2, -0.15) is 0 Å². The van der Waals surface area contributed by atoms with Crippen LogP contribution in [0.25, 0.3) is 0 Å². The predicted molar refractivity (Wildman–Crippen MR) is 74.5 cm³/mol. The second-order valence-electron chi connectivity index (χ2n) is 4.45. The first-order chi connectivity index (χ1) is 8.58. The van der Waals surface area contributed by atoms with E-state index in [0.29, 0.717) is 11.8 Å². The van der Waals surface area contributed by atoms with E-state index >= 15 is 0 Å². The Balaban J connectivity index is 0.000000492. The number of phenolic OH excluding ortho intramolecular Hbond substituents is 1. The molecule has 1 aliphatic carbocycles. The molecule has 2 rings (SSSR count). The number of nitrogens with zero attached hydrogens (tertiary/aromatic N) is 1. The molecule has 0 radical (unpaired) electrons. The van der Waals surface area contributed by atoms with Crippen LogP contribution in [-0.2, 0) is 20.8 Å².